The lowest BCUT2D eigenvalue weighted by Gasteiger charge is -2.44. The van der Waals surface area contributed by atoms with Gasteiger partial charge in [-0.05, 0) is 26.2 Å². The lowest BCUT2D eigenvalue weighted by molar-refractivity contribution is -0.741. The van der Waals surface area contributed by atoms with E-state index in [1.54, 1.807) is 0 Å². The van der Waals surface area contributed by atoms with Crippen LogP contribution in [0, 0.1) is 18.3 Å². The quantitative estimate of drug-likeness (QED) is 0.533. The fourth-order valence-electron chi connectivity index (χ4n) is 3.28. The summed E-state index contributed by atoms with van der Waals surface area (Å²) in [6.45, 7) is 2.16. The smallest absolute Gasteiger partial charge is 0.139 e. The van der Waals surface area contributed by atoms with Crippen LogP contribution in [0.3, 0.4) is 0 Å². The molecule has 0 radical (unpaired) electrons. The highest BCUT2D eigenvalue weighted by molar-refractivity contribution is 5.14. The van der Waals surface area contributed by atoms with Crippen LogP contribution in [-0.4, -0.2) is 22.8 Å². The molecule has 14 heavy (non-hydrogen) atoms. The molecule has 1 aliphatic carbocycles. The summed E-state index contributed by atoms with van der Waals surface area (Å²) < 4.78 is 0. The molecule has 2 rings (SSSR count). The number of aliphatic hydroxyl groups is 1. The van der Waals surface area contributed by atoms with E-state index in [2.05, 4.69) is 18.2 Å². The molecule has 1 aliphatic heterocycles. The maximum absolute atomic E-state index is 10.4. The summed E-state index contributed by atoms with van der Waals surface area (Å²) in [7, 11) is 0. The molecule has 2 aliphatic rings. The Morgan fingerprint density at radius 3 is 2.86 bits per heavy atom. The zero-order chi connectivity index (χ0) is 10.2. The number of nitrogens with two attached hydrogens (primary N) is 1. The predicted octanol–water partition coefficient (Wildman–Crippen LogP) is 0.265. The molecule has 2 nitrogen and oxygen atoms in total. The second kappa shape index (κ2) is 3.56. The summed E-state index contributed by atoms with van der Waals surface area (Å²) in [5.41, 5.74) is -0.820. The largest absolute Gasteiger partial charge is 0.377 e. The number of piperidine rings is 1. The Labute approximate surface area is 86.1 Å². The fraction of sp³-hybridized carbons (Fsp3) is 0.833. The van der Waals surface area contributed by atoms with Crippen molar-refractivity contribution in [2.45, 2.75) is 56.7 Å². The molecule has 1 saturated heterocycles. The number of hydrogen-bond acceptors (Lipinski definition) is 1. The van der Waals surface area contributed by atoms with Gasteiger partial charge in [-0.3, -0.25) is 0 Å². The Balaban J connectivity index is 2.20. The standard InChI is InChI=1S/C12H19NO/c1-3-12(14)8-9(2)13-11-7-5-4-6-10(11)12/h1,9-11,13-14H,4-8H2,2H3/p+1/t9-,10-,11+,12-/m1/s1. The second-order valence-corrected chi connectivity index (χ2v) is 5.00. The number of hydrogen-bond donors (Lipinski definition) is 2. The monoisotopic (exact) mass is 194 g/mol. The Morgan fingerprint density at radius 1 is 1.43 bits per heavy atom. The van der Waals surface area contributed by atoms with Crippen molar-refractivity contribution < 1.29 is 10.4 Å². The number of quaternary nitrogens is 1. The minimum absolute atomic E-state index is 0.331. The molecule has 4 atom stereocenters. The molecule has 1 saturated carbocycles. The minimum atomic E-state index is -0.820. The summed E-state index contributed by atoms with van der Waals surface area (Å²) in [5.74, 6) is 2.98. The zero-order valence-corrected chi connectivity index (χ0v) is 8.87. The highest BCUT2D eigenvalue weighted by atomic mass is 16.3. The van der Waals surface area contributed by atoms with E-state index in [0.29, 0.717) is 18.0 Å². The van der Waals surface area contributed by atoms with Crippen LogP contribution in [-0.2, 0) is 0 Å². The predicted molar refractivity (Wildman–Crippen MR) is 55.5 cm³/mol. The molecule has 0 aromatic rings. The third-order valence-corrected chi connectivity index (χ3v) is 3.89. The van der Waals surface area contributed by atoms with Crippen LogP contribution in [0.5, 0.6) is 0 Å². The summed E-state index contributed by atoms with van der Waals surface area (Å²) in [6, 6.07) is 1.03. The molecule has 0 amide bonds. The first-order valence-corrected chi connectivity index (χ1v) is 5.71. The van der Waals surface area contributed by atoms with Crippen molar-refractivity contribution in [2.75, 3.05) is 0 Å². The number of fused-ring (bicyclic) bond motifs is 1. The first-order valence-electron chi connectivity index (χ1n) is 5.71. The Bertz CT molecular complexity index is 258. The number of terminal acetylenes is 1. The van der Waals surface area contributed by atoms with Gasteiger partial charge in [0.1, 0.15) is 5.60 Å². The molecule has 0 aromatic carbocycles. The highest BCUT2D eigenvalue weighted by Crippen LogP contribution is 2.36. The summed E-state index contributed by atoms with van der Waals surface area (Å²) in [6.07, 6.45) is 11.1. The molecule has 3 N–H and O–H groups in total. The maximum Gasteiger partial charge on any atom is 0.139 e. The van der Waals surface area contributed by atoms with Crippen LogP contribution in [0.2, 0.25) is 0 Å². The highest BCUT2D eigenvalue weighted by Gasteiger charge is 2.48. The molecular weight excluding hydrogens is 174 g/mol. The SMILES string of the molecule is C#C[C@@]1(O)C[C@@H](C)[NH2+][C@H]2CCCC[C@H]21. The van der Waals surface area contributed by atoms with Gasteiger partial charge in [-0.1, -0.05) is 12.3 Å². The molecule has 2 heteroatoms. The van der Waals surface area contributed by atoms with Crippen LogP contribution in [0.1, 0.15) is 39.0 Å². The van der Waals surface area contributed by atoms with Gasteiger partial charge in [0, 0.05) is 6.42 Å². The average molecular weight is 194 g/mol. The first kappa shape index (κ1) is 10.0. The van der Waals surface area contributed by atoms with E-state index in [1.165, 1.54) is 19.3 Å². The Hall–Kier alpha value is -0.520. The summed E-state index contributed by atoms with van der Waals surface area (Å²) in [4.78, 5) is 0. The van der Waals surface area contributed by atoms with Crippen molar-refractivity contribution in [3.8, 4) is 12.3 Å². The van der Waals surface area contributed by atoms with Gasteiger partial charge in [-0.15, -0.1) is 6.42 Å². The molecule has 0 aromatic heterocycles. The van der Waals surface area contributed by atoms with E-state index >= 15 is 0 Å². The van der Waals surface area contributed by atoms with E-state index in [0.717, 1.165) is 12.8 Å². The van der Waals surface area contributed by atoms with E-state index in [9.17, 15) is 5.11 Å². The van der Waals surface area contributed by atoms with Gasteiger partial charge in [0.05, 0.1) is 18.0 Å². The number of rotatable bonds is 0. The van der Waals surface area contributed by atoms with Gasteiger partial charge in [0.2, 0.25) is 0 Å². The summed E-state index contributed by atoms with van der Waals surface area (Å²) >= 11 is 0. The molecule has 2 fully saturated rings. The van der Waals surface area contributed by atoms with Gasteiger partial charge in [-0.25, -0.2) is 0 Å². The molecule has 78 valence electrons. The van der Waals surface area contributed by atoms with Gasteiger partial charge >= 0.3 is 0 Å². The first-order chi connectivity index (χ1) is 6.65. The van der Waals surface area contributed by atoms with E-state index in [4.69, 9.17) is 6.42 Å². The van der Waals surface area contributed by atoms with Crippen molar-refractivity contribution in [3.63, 3.8) is 0 Å². The minimum Gasteiger partial charge on any atom is -0.377 e. The van der Waals surface area contributed by atoms with E-state index < -0.39 is 5.60 Å². The van der Waals surface area contributed by atoms with Crippen LogP contribution in [0.4, 0.5) is 0 Å². The molecule has 0 unspecified atom stereocenters. The normalized spacial score (nSPS) is 47.9. The van der Waals surface area contributed by atoms with Crippen molar-refractivity contribution in [1.82, 2.24) is 0 Å². The molecule has 1 heterocycles. The third-order valence-electron chi connectivity index (χ3n) is 3.89. The van der Waals surface area contributed by atoms with Crippen molar-refractivity contribution >= 4 is 0 Å². The van der Waals surface area contributed by atoms with Crippen LogP contribution < -0.4 is 5.32 Å². The van der Waals surface area contributed by atoms with Gasteiger partial charge in [0.15, 0.2) is 0 Å². The van der Waals surface area contributed by atoms with Crippen molar-refractivity contribution in [3.05, 3.63) is 0 Å². The fourth-order valence-corrected chi connectivity index (χ4v) is 3.28. The lowest BCUT2D eigenvalue weighted by atomic mass is 9.69. The maximum atomic E-state index is 10.4. The van der Waals surface area contributed by atoms with E-state index in [1.807, 2.05) is 0 Å². The van der Waals surface area contributed by atoms with Gasteiger partial charge < -0.3 is 10.4 Å². The Kier molecular flexibility index (Phi) is 2.55. The summed E-state index contributed by atoms with van der Waals surface area (Å²) in [5, 5.41) is 12.8. The molecule has 0 spiro atoms. The van der Waals surface area contributed by atoms with Gasteiger partial charge in [-0.2, -0.15) is 0 Å². The zero-order valence-electron chi connectivity index (χ0n) is 8.87. The molecule has 0 bridgehead atoms. The molecular formula is C12H20NO+. The second-order valence-electron chi connectivity index (χ2n) is 5.00. The lowest BCUT2D eigenvalue weighted by Crippen LogP contribution is -2.99. The van der Waals surface area contributed by atoms with Gasteiger partial charge in [0.25, 0.3) is 0 Å². The van der Waals surface area contributed by atoms with Crippen LogP contribution in [0.25, 0.3) is 0 Å². The van der Waals surface area contributed by atoms with E-state index in [-0.39, 0.29) is 0 Å². The van der Waals surface area contributed by atoms with Crippen molar-refractivity contribution in [1.29, 1.82) is 0 Å². The third kappa shape index (κ3) is 1.55. The van der Waals surface area contributed by atoms with Crippen LogP contribution in [0.15, 0.2) is 0 Å². The van der Waals surface area contributed by atoms with Crippen LogP contribution >= 0.6 is 0 Å². The average Bonchev–Trinajstić information content (AvgIpc) is 2.17. The Morgan fingerprint density at radius 2 is 2.14 bits per heavy atom. The van der Waals surface area contributed by atoms with Crippen molar-refractivity contribution in [2.24, 2.45) is 5.92 Å². The topological polar surface area (TPSA) is 36.8 Å².